The van der Waals surface area contributed by atoms with E-state index in [4.69, 9.17) is 4.63 Å². The highest BCUT2D eigenvalue weighted by Gasteiger charge is 2.22. The Balaban J connectivity index is 1.34. The van der Waals surface area contributed by atoms with Crippen LogP contribution in [0.2, 0.25) is 0 Å². The number of piperazine rings is 1. The van der Waals surface area contributed by atoms with Crippen molar-refractivity contribution in [2.24, 2.45) is 0 Å². The van der Waals surface area contributed by atoms with Gasteiger partial charge in [-0.2, -0.15) is 0 Å². The lowest BCUT2D eigenvalue weighted by Gasteiger charge is -2.34. The molecule has 1 amide bonds. The molecule has 3 heterocycles. The van der Waals surface area contributed by atoms with Gasteiger partial charge in [0.1, 0.15) is 17.9 Å². The van der Waals surface area contributed by atoms with Gasteiger partial charge in [-0.1, -0.05) is 28.5 Å². The molecule has 25 heavy (non-hydrogen) atoms. The largest absolute Gasteiger partial charge is 0.339 e. The van der Waals surface area contributed by atoms with Gasteiger partial charge < -0.3 is 9.47 Å². The average molecular weight is 339 g/mol. The van der Waals surface area contributed by atoms with Crippen molar-refractivity contribution in [1.82, 2.24) is 24.7 Å². The van der Waals surface area contributed by atoms with E-state index in [1.54, 1.807) is 0 Å². The molecule has 0 aliphatic carbocycles. The Morgan fingerprint density at radius 3 is 2.68 bits per heavy atom. The van der Waals surface area contributed by atoms with Crippen LogP contribution >= 0.6 is 0 Å². The number of amides is 1. The van der Waals surface area contributed by atoms with Gasteiger partial charge in [0, 0.05) is 44.4 Å². The van der Waals surface area contributed by atoms with E-state index in [2.05, 4.69) is 33.4 Å². The van der Waals surface area contributed by atoms with Gasteiger partial charge in [0.2, 0.25) is 5.91 Å². The quantitative estimate of drug-likeness (QED) is 0.723. The minimum Gasteiger partial charge on any atom is -0.339 e. The predicted molar refractivity (Wildman–Crippen MR) is 92.8 cm³/mol. The summed E-state index contributed by atoms with van der Waals surface area (Å²) in [5.41, 5.74) is 2.81. The van der Waals surface area contributed by atoms with Gasteiger partial charge in [0.05, 0.1) is 0 Å². The summed E-state index contributed by atoms with van der Waals surface area (Å²) in [7, 11) is 0. The fourth-order valence-corrected chi connectivity index (χ4v) is 3.28. The van der Waals surface area contributed by atoms with Gasteiger partial charge in [0.25, 0.3) is 0 Å². The third-order valence-corrected chi connectivity index (χ3v) is 4.83. The summed E-state index contributed by atoms with van der Waals surface area (Å²) in [4.78, 5) is 16.9. The Morgan fingerprint density at radius 2 is 1.92 bits per heavy atom. The zero-order valence-corrected chi connectivity index (χ0v) is 14.3. The molecule has 7 heteroatoms. The van der Waals surface area contributed by atoms with Crippen LogP contribution in [0, 0.1) is 6.92 Å². The zero-order chi connectivity index (χ0) is 17.2. The fourth-order valence-electron chi connectivity index (χ4n) is 3.28. The number of nitrogens with zero attached hydrogens (tertiary/aromatic N) is 5. The zero-order valence-electron chi connectivity index (χ0n) is 14.3. The van der Waals surface area contributed by atoms with E-state index >= 15 is 0 Å². The second kappa shape index (κ2) is 6.68. The molecule has 3 aromatic rings. The number of para-hydroxylation sites is 1. The lowest BCUT2D eigenvalue weighted by atomic mass is 10.2. The number of fused-ring (bicyclic) bond motifs is 1. The van der Waals surface area contributed by atoms with Gasteiger partial charge in [-0.15, -0.1) is 0 Å². The average Bonchev–Trinajstić information content (AvgIpc) is 3.22. The smallest absolute Gasteiger partial charge is 0.242 e. The van der Waals surface area contributed by atoms with Crippen molar-refractivity contribution in [2.45, 2.75) is 20.0 Å². The minimum absolute atomic E-state index is 0.167. The van der Waals surface area contributed by atoms with Crippen LogP contribution in [0.3, 0.4) is 0 Å². The number of carbonyl (C=O) groups is 1. The number of hydrogen-bond donors (Lipinski definition) is 0. The topological polar surface area (TPSA) is 67.4 Å². The summed E-state index contributed by atoms with van der Waals surface area (Å²) in [5, 5.41) is 8.91. The first-order valence-corrected chi connectivity index (χ1v) is 8.53. The number of aryl methyl sites for hydroxylation is 1. The maximum absolute atomic E-state index is 12.6. The van der Waals surface area contributed by atoms with Crippen LogP contribution in [-0.2, 0) is 17.9 Å². The molecule has 1 aliphatic rings. The monoisotopic (exact) mass is 339 g/mol. The van der Waals surface area contributed by atoms with Gasteiger partial charge in [-0.05, 0) is 24.4 Å². The molecule has 0 unspecified atom stereocenters. The van der Waals surface area contributed by atoms with E-state index in [0.717, 1.165) is 55.0 Å². The van der Waals surface area contributed by atoms with Crippen LogP contribution in [0.1, 0.15) is 11.4 Å². The van der Waals surface area contributed by atoms with Crippen LogP contribution in [0.5, 0.6) is 0 Å². The lowest BCUT2D eigenvalue weighted by molar-refractivity contribution is -0.133. The van der Waals surface area contributed by atoms with E-state index in [1.807, 2.05) is 34.7 Å². The Morgan fingerprint density at radius 1 is 1.12 bits per heavy atom. The number of aromatic nitrogens is 3. The number of benzene rings is 1. The molecule has 0 bridgehead atoms. The van der Waals surface area contributed by atoms with Gasteiger partial charge in [-0.25, -0.2) is 4.63 Å². The summed E-state index contributed by atoms with van der Waals surface area (Å²) < 4.78 is 6.77. The molecule has 1 saturated heterocycles. The first-order chi connectivity index (χ1) is 12.2. The van der Waals surface area contributed by atoms with Crippen LogP contribution < -0.4 is 0 Å². The van der Waals surface area contributed by atoms with Crippen molar-refractivity contribution < 1.29 is 9.42 Å². The summed E-state index contributed by atoms with van der Waals surface area (Å²) >= 11 is 0. The summed E-state index contributed by atoms with van der Waals surface area (Å²) in [6.45, 7) is 6.16. The molecular weight excluding hydrogens is 318 g/mol. The normalized spacial score (nSPS) is 15.8. The lowest BCUT2D eigenvalue weighted by Crippen LogP contribution is -2.49. The highest BCUT2D eigenvalue weighted by molar-refractivity contribution is 5.83. The van der Waals surface area contributed by atoms with Crippen molar-refractivity contribution in [3.63, 3.8) is 0 Å². The van der Waals surface area contributed by atoms with Crippen LogP contribution in [0.25, 0.3) is 10.9 Å². The molecule has 0 N–H and O–H groups in total. The Kier molecular flexibility index (Phi) is 4.23. The molecule has 0 atom stereocenters. The molecule has 4 rings (SSSR count). The molecule has 7 nitrogen and oxygen atoms in total. The van der Waals surface area contributed by atoms with Crippen LogP contribution in [-0.4, -0.2) is 56.8 Å². The van der Waals surface area contributed by atoms with Crippen molar-refractivity contribution in [1.29, 1.82) is 0 Å². The van der Waals surface area contributed by atoms with Crippen LogP contribution in [0.4, 0.5) is 0 Å². The Labute approximate surface area is 145 Å². The van der Waals surface area contributed by atoms with Crippen molar-refractivity contribution in [2.75, 3.05) is 26.2 Å². The third-order valence-electron chi connectivity index (χ3n) is 4.83. The SMILES string of the molecule is Cc1nonc1CN1CCN(C(=O)Cn2ccc3ccccc32)CC1. The standard InChI is InChI=1S/C18H21N5O2/c1-14-16(20-25-19-14)12-21-8-10-22(11-9-21)18(24)13-23-7-6-15-4-2-3-5-17(15)23/h2-7H,8-13H2,1H3. The third kappa shape index (κ3) is 3.28. The second-order valence-corrected chi connectivity index (χ2v) is 6.46. The minimum atomic E-state index is 0.167. The Hall–Kier alpha value is -2.67. The van der Waals surface area contributed by atoms with Crippen LogP contribution in [0.15, 0.2) is 41.2 Å². The molecule has 1 aliphatic heterocycles. The molecule has 0 radical (unpaired) electrons. The van der Waals surface area contributed by atoms with Crippen molar-refractivity contribution >= 4 is 16.8 Å². The summed E-state index contributed by atoms with van der Waals surface area (Å²) in [6, 6.07) is 10.2. The van der Waals surface area contributed by atoms with Gasteiger partial charge in [-0.3, -0.25) is 9.69 Å². The molecule has 0 saturated carbocycles. The van der Waals surface area contributed by atoms with E-state index in [-0.39, 0.29) is 5.91 Å². The summed E-state index contributed by atoms with van der Waals surface area (Å²) in [5.74, 6) is 0.167. The highest BCUT2D eigenvalue weighted by atomic mass is 16.6. The number of carbonyl (C=O) groups excluding carboxylic acids is 1. The summed E-state index contributed by atoms with van der Waals surface area (Å²) in [6.07, 6.45) is 1.99. The molecule has 0 spiro atoms. The number of rotatable bonds is 4. The van der Waals surface area contributed by atoms with E-state index in [1.165, 1.54) is 0 Å². The number of hydrogen-bond acceptors (Lipinski definition) is 5. The predicted octanol–water partition coefficient (Wildman–Crippen LogP) is 1.68. The first kappa shape index (κ1) is 15.8. The van der Waals surface area contributed by atoms with E-state index in [0.29, 0.717) is 6.54 Å². The molecule has 1 fully saturated rings. The van der Waals surface area contributed by atoms with E-state index < -0.39 is 0 Å². The second-order valence-electron chi connectivity index (χ2n) is 6.46. The van der Waals surface area contributed by atoms with E-state index in [9.17, 15) is 4.79 Å². The molecular formula is C18H21N5O2. The molecule has 130 valence electrons. The highest BCUT2D eigenvalue weighted by Crippen LogP contribution is 2.16. The van der Waals surface area contributed by atoms with Gasteiger partial charge >= 0.3 is 0 Å². The molecule has 1 aromatic carbocycles. The maximum Gasteiger partial charge on any atom is 0.242 e. The Bertz CT molecular complexity index is 876. The fraction of sp³-hybridized carbons (Fsp3) is 0.389. The maximum atomic E-state index is 12.6. The van der Waals surface area contributed by atoms with Crippen molar-refractivity contribution in [3.05, 3.63) is 47.9 Å². The molecule has 2 aromatic heterocycles. The first-order valence-electron chi connectivity index (χ1n) is 8.53. The van der Waals surface area contributed by atoms with Crippen molar-refractivity contribution in [3.8, 4) is 0 Å². The van der Waals surface area contributed by atoms with Gasteiger partial charge in [0.15, 0.2) is 0 Å².